The van der Waals surface area contributed by atoms with Crippen molar-refractivity contribution < 1.29 is 18.4 Å². The molecule has 0 saturated carbocycles. The summed E-state index contributed by atoms with van der Waals surface area (Å²) in [4.78, 5) is 24.1. The fraction of sp³-hybridized carbons (Fsp3) is 0.267. The number of nitrogens with two attached hydrogens (primary N) is 1. The molecule has 23 heavy (non-hydrogen) atoms. The number of amides is 2. The molecule has 0 aliphatic rings. The molecule has 0 spiro atoms. The molecule has 8 heteroatoms. The number of hydrogen-bond acceptors (Lipinski definition) is 3. The molecule has 0 bridgehead atoms. The first-order valence-corrected chi connectivity index (χ1v) is 6.75. The van der Waals surface area contributed by atoms with E-state index in [2.05, 4.69) is 10.4 Å². The Morgan fingerprint density at radius 1 is 1.30 bits per heavy atom. The van der Waals surface area contributed by atoms with Crippen molar-refractivity contribution in [1.29, 1.82) is 0 Å². The predicted molar refractivity (Wildman–Crippen MR) is 78.6 cm³/mol. The topological polar surface area (TPSA) is 90.0 Å². The highest BCUT2D eigenvalue weighted by molar-refractivity contribution is 5.98. The number of carbonyl (C=O) groups excluding carboxylic acids is 2. The first-order valence-electron chi connectivity index (χ1n) is 6.75. The summed E-state index contributed by atoms with van der Waals surface area (Å²) in [5, 5.41) is 6.21. The van der Waals surface area contributed by atoms with Crippen LogP contribution in [0.15, 0.2) is 36.4 Å². The van der Waals surface area contributed by atoms with Crippen molar-refractivity contribution in [3.8, 4) is 0 Å². The van der Waals surface area contributed by atoms with Gasteiger partial charge in [-0.15, -0.1) is 0 Å². The monoisotopic (exact) mass is 322 g/mol. The van der Waals surface area contributed by atoms with Crippen LogP contribution in [0.2, 0.25) is 0 Å². The summed E-state index contributed by atoms with van der Waals surface area (Å²) in [7, 11) is 1.31. The normalized spacial score (nSPS) is 13.6. The zero-order valence-electron chi connectivity index (χ0n) is 12.6. The van der Waals surface area contributed by atoms with Crippen LogP contribution in [0.25, 0.3) is 0 Å². The van der Waals surface area contributed by atoms with E-state index in [-0.39, 0.29) is 5.69 Å². The molecule has 1 aromatic heterocycles. The molecule has 2 rings (SSSR count). The highest BCUT2D eigenvalue weighted by atomic mass is 19.3. The molecule has 1 atom stereocenters. The second-order valence-electron chi connectivity index (χ2n) is 5.19. The van der Waals surface area contributed by atoms with Gasteiger partial charge in [0.25, 0.3) is 12.3 Å². The van der Waals surface area contributed by atoms with E-state index in [0.717, 1.165) is 10.7 Å². The van der Waals surface area contributed by atoms with Gasteiger partial charge < -0.3 is 11.1 Å². The average Bonchev–Trinajstić information content (AvgIpc) is 2.90. The molecule has 0 fully saturated rings. The first-order chi connectivity index (χ1) is 10.8. The molecule has 1 aromatic carbocycles. The van der Waals surface area contributed by atoms with Gasteiger partial charge in [-0.3, -0.25) is 14.3 Å². The van der Waals surface area contributed by atoms with E-state index in [1.165, 1.54) is 14.0 Å². The fourth-order valence-electron chi connectivity index (χ4n) is 2.14. The van der Waals surface area contributed by atoms with Gasteiger partial charge in [0.1, 0.15) is 11.2 Å². The highest BCUT2D eigenvalue weighted by Crippen LogP contribution is 2.22. The third kappa shape index (κ3) is 3.20. The van der Waals surface area contributed by atoms with Crippen LogP contribution in [-0.2, 0) is 17.4 Å². The maximum absolute atomic E-state index is 12.8. The van der Waals surface area contributed by atoms with Crippen molar-refractivity contribution in [3.63, 3.8) is 0 Å². The van der Waals surface area contributed by atoms with Crippen LogP contribution in [0.5, 0.6) is 0 Å². The lowest BCUT2D eigenvalue weighted by Crippen LogP contribution is -2.52. The van der Waals surface area contributed by atoms with E-state index >= 15 is 0 Å². The van der Waals surface area contributed by atoms with Crippen molar-refractivity contribution >= 4 is 11.8 Å². The van der Waals surface area contributed by atoms with Gasteiger partial charge in [0.15, 0.2) is 5.69 Å². The van der Waals surface area contributed by atoms with Crippen LogP contribution in [0.1, 0.15) is 35.1 Å². The summed E-state index contributed by atoms with van der Waals surface area (Å²) in [5.74, 6) is -1.54. The lowest BCUT2D eigenvalue weighted by Gasteiger charge is -2.27. The molecular formula is C15H16F2N4O2. The number of carbonyl (C=O) groups is 2. The number of hydrogen-bond donors (Lipinski definition) is 2. The second-order valence-corrected chi connectivity index (χ2v) is 5.19. The number of nitrogens with zero attached hydrogens (tertiary/aromatic N) is 2. The Balaban J connectivity index is 2.33. The van der Waals surface area contributed by atoms with Crippen LogP contribution >= 0.6 is 0 Å². The molecule has 3 N–H and O–H groups in total. The van der Waals surface area contributed by atoms with Crippen LogP contribution < -0.4 is 11.1 Å². The number of aryl methyl sites for hydroxylation is 1. The Morgan fingerprint density at radius 2 is 1.91 bits per heavy atom. The molecular weight excluding hydrogens is 306 g/mol. The van der Waals surface area contributed by atoms with Gasteiger partial charge in [-0.2, -0.15) is 5.10 Å². The van der Waals surface area contributed by atoms with E-state index in [9.17, 15) is 18.4 Å². The van der Waals surface area contributed by atoms with Gasteiger partial charge in [-0.25, -0.2) is 8.78 Å². The first kappa shape index (κ1) is 16.6. The molecule has 0 radical (unpaired) electrons. The van der Waals surface area contributed by atoms with E-state index in [0.29, 0.717) is 5.56 Å². The van der Waals surface area contributed by atoms with Crippen LogP contribution in [0, 0.1) is 0 Å². The van der Waals surface area contributed by atoms with Gasteiger partial charge in [0.2, 0.25) is 5.91 Å². The van der Waals surface area contributed by atoms with Crippen LogP contribution in [0.4, 0.5) is 8.78 Å². The summed E-state index contributed by atoms with van der Waals surface area (Å²) < 4.78 is 26.5. The SMILES string of the molecule is Cn1nc(C(=O)NC(C)(C(N)=O)c2ccccc2)cc1C(F)F. The van der Waals surface area contributed by atoms with Gasteiger partial charge >= 0.3 is 0 Å². The molecule has 1 unspecified atom stereocenters. The molecule has 122 valence electrons. The van der Waals surface area contributed by atoms with Gasteiger partial charge in [0.05, 0.1) is 0 Å². The summed E-state index contributed by atoms with van der Waals surface area (Å²) in [6.45, 7) is 1.44. The third-order valence-electron chi connectivity index (χ3n) is 3.58. The standard InChI is InChI=1S/C15H16F2N4O2/c1-15(14(18)23,9-6-4-3-5-7-9)19-13(22)10-8-11(12(16)17)21(2)20-10/h3-8,12H,1-2H3,(H2,18,23)(H,19,22). The van der Waals surface area contributed by atoms with E-state index in [1.54, 1.807) is 30.3 Å². The summed E-state index contributed by atoms with van der Waals surface area (Å²) in [6, 6.07) is 9.38. The number of alkyl halides is 2. The number of primary amides is 1. The molecule has 0 aliphatic carbocycles. The zero-order chi connectivity index (χ0) is 17.2. The van der Waals surface area contributed by atoms with Gasteiger partial charge in [-0.1, -0.05) is 30.3 Å². The van der Waals surface area contributed by atoms with Crippen LogP contribution in [-0.4, -0.2) is 21.6 Å². The highest BCUT2D eigenvalue weighted by Gasteiger charge is 2.36. The van der Waals surface area contributed by atoms with E-state index in [4.69, 9.17) is 5.73 Å². The number of nitrogens with one attached hydrogen (secondary N) is 1. The predicted octanol–water partition coefficient (Wildman–Crippen LogP) is 1.49. The Bertz CT molecular complexity index is 730. The van der Waals surface area contributed by atoms with E-state index in [1.807, 2.05) is 0 Å². The van der Waals surface area contributed by atoms with Gasteiger partial charge in [0, 0.05) is 7.05 Å². The number of benzene rings is 1. The number of halogens is 2. The van der Waals surface area contributed by atoms with Crippen molar-refractivity contribution in [3.05, 3.63) is 53.3 Å². The summed E-state index contributed by atoms with van der Waals surface area (Å²) >= 11 is 0. The molecule has 1 heterocycles. The van der Waals surface area contributed by atoms with Crippen molar-refractivity contribution in [1.82, 2.24) is 15.1 Å². The zero-order valence-corrected chi connectivity index (χ0v) is 12.6. The lowest BCUT2D eigenvalue weighted by molar-refractivity contribution is -0.123. The largest absolute Gasteiger partial charge is 0.367 e. The minimum Gasteiger partial charge on any atom is -0.367 e. The van der Waals surface area contributed by atoms with Crippen LogP contribution in [0.3, 0.4) is 0 Å². The summed E-state index contributed by atoms with van der Waals surface area (Å²) in [6.07, 6.45) is -2.76. The minimum atomic E-state index is -2.76. The summed E-state index contributed by atoms with van der Waals surface area (Å²) in [5.41, 5.74) is 3.80. The van der Waals surface area contributed by atoms with Gasteiger partial charge in [-0.05, 0) is 18.6 Å². The molecule has 6 nitrogen and oxygen atoms in total. The molecule has 0 saturated heterocycles. The quantitative estimate of drug-likeness (QED) is 0.874. The smallest absolute Gasteiger partial charge is 0.280 e. The molecule has 0 aliphatic heterocycles. The maximum Gasteiger partial charge on any atom is 0.280 e. The molecule has 2 aromatic rings. The average molecular weight is 322 g/mol. The fourth-order valence-corrected chi connectivity index (χ4v) is 2.14. The Morgan fingerprint density at radius 3 is 2.39 bits per heavy atom. The second kappa shape index (κ2) is 6.15. The Hall–Kier alpha value is -2.77. The number of aromatic nitrogens is 2. The molecule has 2 amide bonds. The third-order valence-corrected chi connectivity index (χ3v) is 3.58. The lowest BCUT2D eigenvalue weighted by atomic mass is 9.91. The van der Waals surface area contributed by atoms with Crippen molar-refractivity contribution in [2.24, 2.45) is 12.8 Å². The van der Waals surface area contributed by atoms with E-state index < -0.39 is 29.5 Å². The minimum absolute atomic E-state index is 0.216. The number of rotatable bonds is 5. The van der Waals surface area contributed by atoms with Crippen molar-refractivity contribution in [2.75, 3.05) is 0 Å². The van der Waals surface area contributed by atoms with Crippen molar-refractivity contribution in [2.45, 2.75) is 18.9 Å². The Kier molecular flexibility index (Phi) is 4.44. The maximum atomic E-state index is 12.8. The Labute approximate surface area is 131 Å².